The Hall–Kier alpha value is -0.860. The van der Waals surface area contributed by atoms with Gasteiger partial charge in [0.05, 0.1) is 6.10 Å². The van der Waals surface area contributed by atoms with Crippen molar-refractivity contribution in [2.45, 2.75) is 39.8 Å². The van der Waals surface area contributed by atoms with E-state index in [9.17, 15) is 5.11 Å². The van der Waals surface area contributed by atoms with Crippen LogP contribution < -0.4 is 0 Å². The Labute approximate surface area is 97.9 Å². The molecule has 1 aromatic carbocycles. The molecule has 0 aromatic heterocycles. The largest absolute Gasteiger partial charge is 0.392 e. The van der Waals surface area contributed by atoms with Gasteiger partial charge in [0.25, 0.3) is 0 Å². The fraction of sp³-hybridized carbons (Fsp3) is 0.571. The summed E-state index contributed by atoms with van der Waals surface area (Å²) >= 11 is 0. The van der Waals surface area contributed by atoms with E-state index in [2.05, 4.69) is 37.8 Å². The molecule has 16 heavy (non-hydrogen) atoms. The lowest BCUT2D eigenvalue weighted by atomic mass is 9.99. The number of rotatable bonds is 2. The van der Waals surface area contributed by atoms with Gasteiger partial charge in [-0.05, 0) is 43.9 Å². The van der Waals surface area contributed by atoms with Gasteiger partial charge in [0.15, 0.2) is 0 Å². The highest BCUT2D eigenvalue weighted by Gasteiger charge is 2.20. The number of benzene rings is 1. The molecule has 1 saturated heterocycles. The SMILES string of the molecule is Cc1cc(C)c(CN2CC[C@@H](O)C2)c(C)c1. The summed E-state index contributed by atoms with van der Waals surface area (Å²) in [5, 5.41) is 9.52. The predicted octanol–water partition coefficient (Wildman–Crippen LogP) is 2.18. The number of aliphatic hydroxyl groups is 1. The van der Waals surface area contributed by atoms with Crippen LogP contribution in [0.25, 0.3) is 0 Å². The van der Waals surface area contributed by atoms with Crippen molar-refractivity contribution < 1.29 is 5.11 Å². The first-order chi connectivity index (χ1) is 7.56. The van der Waals surface area contributed by atoms with Gasteiger partial charge in [-0.2, -0.15) is 0 Å². The molecular weight excluding hydrogens is 198 g/mol. The first-order valence-corrected chi connectivity index (χ1v) is 6.03. The Kier molecular flexibility index (Phi) is 3.31. The third kappa shape index (κ3) is 2.45. The smallest absolute Gasteiger partial charge is 0.0679 e. The summed E-state index contributed by atoms with van der Waals surface area (Å²) in [4.78, 5) is 2.34. The highest BCUT2D eigenvalue weighted by Crippen LogP contribution is 2.20. The molecule has 0 saturated carbocycles. The van der Waals surface area contributed by atoms with Gasteiger partial charge in [-0.1, -0.05) is 17.7 Å². The van der Waals surface area contributed by atoms with E-state index in [4.69, 9.17) is 0 Å². The monoisotopic (exact) mass is 219 g/mol. The molecule has 0 radical (unpaired) electrons. The molecule has 88 valence electrons. The molecule has 1 aliphatic heterocycles. The summed E-state index contributed by atoms with van der Waals surface area (Å²) in [6.07, 6.45) is 0.801. The first kappa shape index (κ1) is 11.6. The van der Waals surface area contributed by atoms with E-state index in [1.54, 1.807) is 0 Å². The molecular formula is C14H21NO. The van der Waals surface area contributed by atoms with Crippen molar-refractivity contribution in [3.05, 3.63) is 34.4 Å². The average Bonchev–Trinajstić information content (AvgIpc) is 2.58. The summed E-state index contributed by atoms with van der Waals surface area (Å²) < 4.78 is 0. The normalized spacial score (nSPS) is 21.6. The van der Waals surface area contributed by atoms with Gasteiger partial charge >= 0.3 is 0 Å². The second-order valence-electron chi connectivity index (χ2n) is 5.05. The van der Waals surface area contributed by atoms with Crippen molar-refractivity contribution in [1.29, 1.82) is 0 Å². The van der Waals surface area contributed by atoms with Crippen LogP contribution in [0.15, 0.2) is 12.1 Å². The van der Waals surface area contributed by atoms with E-state index in [-0.39, 0.29) is 6.10 Å². The lowest BCUT2D eigenvalue weighted by Crippen LogP contribution is -2.22. The predicted molar refractivity (Wildman–Crippen MR) is 66.6 cm³/mol. The zero-order chi connectivity index (χ0) is 11.7. The van der Waals surface area contributed by atoms with Crippen LogP contribution in [0, 0.1) is 20.8 Å². The third-order valence-corrected chi connectivity index (χ3v) is 3.47. The van der Waals surface area contributed by atoms with Gasteiger partial charge in [-0.25, -0.2) is 0 Å². The molecule has 2 heteroatoms. The zero-order valence-electron chi connectivity index (χ0n) is 10.5. The maximum Gasteiger partial charge on any atom is 0.0679 e. The van der Waals surface area contributed by atoms with Crippen molar-refractivity contribution in [2.75, 3.05) is 13.1 Å². The molecule has 1 aromatic rings. The van der Waals surface area contributed by atoms with E-state index in [1.165, 1.54) is 22.3 Å². The van der Waals surface area contributed by atoms with E-state index in [0.29, 0.717) is 0 Å². The second kappa shape index (κ2) is 4.56. The van der Waals surface area contributed by atoms with Crippen LogP contribution >= 0.6 is 0 Å². The van der Waals surface area contributed by atoms with E-state index >= 15 is 0 Å². The molecule has 0 unspecified atom stereocenters. The standard InChI is InChI=1S/C14H21NO/c1-10-6-11(2)14(12(3)7-10)9-15-5-4-13(16)8-15/h6-7,13,16H,4-5,8-9H2,1-3H3/t13-/m1/s1. The summed E-state index contributed by atoms with van der Waals surface area (Å²) in [5.41, 5.74) is 5.51. The maximum atomic E-state index is 9.52. The Bertz CT molecular complexity index is 363. The minimum Gasteiger partial charge on any atom is -0.392 e. The van der Waals surface area contributed by atoms with Gasteiger partial charge in [0.1, 0.15) is 0 Å². The van der Waals surface area contributed by atoms with Crippen molar-refractivity contribution in [2.24, 2.45) is 0 Å². The fourth-order valence-corrected chi connectivity index (χ4v) is 2.64. The number of hydrogen-bond acceptors (Lipinski definition) is 2. The molecule has 0 aliphatic carbocycles. The highest BCUT2D eigenvalue weighted by molar-refractivity contribution is 5.37. The number of aliphatic hydroxyl groups excluding tert-OH is 1. The molecule has 2 rings (SSSR count). The molecule has 0 amide bonds. The van der Waals surface area contributed by atoms with Crippen LogP contribution in [-0.2, 0) is 6.54 Å². The molecule has 2 nitrogen and oxygen atoms in total. The molecule has 1 heterocycles. The summed E-state index contributed by atoms with van der Waals surface area (Å²) in [6.45, 7) is 9.34. The summed E-state index contributed by atoms with van der Waals surface area (Å²) in [5.74, 6) is 0. The van der Waals surface area contributed by atoms with E-state index in [0.717, 1.165) is 26.1 Å². The van der Waals surface area contributed by atoms with Crippen LogP contribution in [0.5, 0.6) is 0 Å². The van der Waals surface area contributed by atoms with Gasteiger partial charge in [-0.15, -0.1) is 0 Å². The van der Waals surface area contributed by atoms with Crippen LogP contribution in [-0.4, -0.2) is 29.2 Å². The van der Waals surface area contributed by atoms with E-state index < -0.39 is 0 Å². The Balaban J connectivity index is 2.15. The average molecular weight is 219 g/mol. The Morgan fingerprint density at radius 1 is 1.25 bits per heavy atom. The van der Waals surface area contributed by atoms with Crippen molar-refractivity contribution >= 4 is 0 Å². The van der Waals surface area contributed by atoms with Gasteiger partial charge in [0.2, 0.25) is 0 Å². The summed E-state index contributed by atoms with van der Waals surface area (Å²) in [7, 11) is 0. The van der Waals surface area contributed by atoms with Crippen LogP contribution in [0.1, 0.15) is 28.7 Å². The minimum atomic E-state index is -0.119. The van der Waals surface area contributed by atoms with Crippen LogP contribution in [0.4, 0.5) is 0 Å². The number of aryl methyl sites for hydroxylation is 3. The molecule has 1 fully saturated rings. The minimum absolute atomic E-state index is 0.119. The van der Waals surface area contributed by atoms with Gasteiger partial charge < -0.3 is 5.11 Å². The molecule has 0 bridgehead atoms. The highest BCUT2D eigenvalue weighted by atomic mass is 16.3. The summed E-state index contributed by atoms with van der Waals surface area (Å²) in [6, 6.07) is 4.49. The number of likely N-dealkylation sites (tertiary alicyclic amines) is 1. The third-order valence-electron chi connectivity index (χ3n) is 3.47. The van der Waals surface area contributed by atoms with Crippen molar-refractivity contribution in [3.8, 4) is 0 Å². The zero-order valence-corrected chi connectivity index (χ0v) is 10.5. The number of nitrogens with zero attached hydrogens (tertiary/aromatic N) is 1. The maximum absolute atomic E-state index is 9.52. The molecule has 1 aliphatic rings. The Morgan fingerprint density at radius 3 is 2.38 bits per heavy atom. The van der Waals surface area contributed by atoms with Gasteiger partial charge in [0, 0.05) is 19.6 Å². The number of hydrogen-bond donors (Lipinski definition) is 1. The Morgan fingerprint density at radius 2 is 1.88 bits per heavy atom. The van der Waals surface area contributed by atoms with Crippen LogP contribution in [0.3, 0.4) is 0 Å². The number of β-amino-alcohol motifs (C(OH)–C–C–N with tert-alkyl or cyclic N) is 1. The molecule has 1 atom stereocenters. The van der Waals surface area contributed by atoms with Crippen molar-refractivity contribution in [3.63, 3.8) is 0 Å². The van der Waals surface area contributed by atoms with Crippen molar-refractivity contribution in [1.82, 2.24) is 4.90 Å². The van der Waals surface area contributed by atoms with Crippen LogP contribution in [0.2, 0.25) is 0 Å². The molecule has 0 spiro atoms. The lowest BCUT2D eigenvalue weighted by Gasteiger charge is -2.19. The van der Waals surface area contributed by atoms with E-state index in [1.807, 2.05) is 0 Å². The lowest BCUT2D eigenvalue weighted by molar-refractivity contribution is 0.174. The first-order valence-electron chi connectivity index (χ1n) is 6.03. The topological polar surface area (TPSA) is 23.5 Å². The second-order valence-corrected chi connectivity index (χ2v) is 5.05. The fourth-order valence-electron chi connectivity index (χ4n) is 2.64. The quantitative estimate of drug-likeness (QED) is 0.824. The van der Waals surface area contributed by atoms with Gasteiger partial charge in [-0.3, -0.25) is 4.90 Å². The molecule has 1 N–H and O–H groups in total.